The number of amidine groups is 1. The topological polar surface area (TPSA) is 62.2 Å². The fourth-order valence-corrected chi connectivity index (χ4v) is 2.32. The molecule has 1 atom stereocenters. The predicted octanol–water partition coefficient (Wildman–Crippen LogP) is 2.55. The van der Waals surface area contributed by atoms with Crippen LogP contribution < -0.4 is 10.9 Å². The zero-order valence-corrected chi connectivity index (χ0v) is 12.3. The Labute approximate surface area is 126 Å². The fourth-order valence-electron chi connectivity index (χ4n) is 2.04. The van der Waals surface area contributed by atoms with Gasteiger partial charge in [-0.1, -0.05) is 23.8 Å². The van der Waals surface area contributed by atoms with E-state index in [1.54, 1.807) is 6.07 Å². The van der Waals surface area contributed by atoms with Crippen LogP contribution in [0.1, 0.15) is 19.2 Å². The van der Waals surface area contributed by atoms with Crippen molar-refractivity contribution in [3.63, 3.8) is 0 Å². The minimum atomic E-state index is 0.343. The van der Waals surface area contributed by atoms with Crippen LogP contribution in [0, 0.1) is 0 Å². The van der Waals surface area contributed by atoms with Gasteiger partial charge in [-0.3, -0.25) is 0 Å². The SMILES string of the molecule is CC1CC(=Nc2nc(C=S)nc3ccc(Cl)cc23)NN1. The van der Waals surface area contributed by atoms with E-state index in [-0.39, 0.29) is 0 Å². The van der Waals surface area contributed by atoms with Crippen molar-refractivity contribution < 1.29 is 0 Å². The molecule has 5 nitrogen and oxygen atoms in total. The molecule has 0 bridgehead atoms. The van der Waals surface area contributed by atoms with Crippen molar-refractivity contribution in [1.29, 1.82) is 0 Å². The van der Waals surface area contributed by atoms with Crippen LogP contribution in [0.4, 0.5) is 5.82 Å². The van der Waals surface area contributed by atoms with Gasteiger partial charge in [0.25, 0.3) is 0 Å². The van der Waals surface area contributed by atoms with E-state index in [1.807, 2.05) is 12.1 Å². The lowest BCUT2D eigenvalue weighted by Crippen LogP contribution is -2.29. The van der Waals surface area contributed by atoms with E-state index in [0.717, 1.165) is 23.2 Å². The van der Waals surface area contributed by atoms with Crippen LogP contribution in [0.5, 0.6) is 0 Å². The highest BCUT2D eigenvalue weighted by atomic mass is 35.5. The molecule has 1 unspecified atom stereocenters. The van der Waals surface area contributed by atoms with Crippen LogP contribution >= 0.6 is 23.8 Å². The number of benzene rings is 1. The van der Waals surface area contributed by atoms with Gasteiger partial charge in [-0.15, -0.1) is 0 Å². The number of nitrogens with one attached hydrogen (secondary N) is 2. The molecule has 1 aromatic heterocycles. The Morgan fingerprint density at radius 3 is 3.00 bits per heavy atom. The molecular formula is C13H12ClN5S. The molecule has 3 rings (SSSR count). The summed E-state index contributed by atoms with van der Waals surface area (Å²) >= 11 is 11.0. The van der Waals surface area contributed by atoms with Crippen molar-refractivity contribution in [3.8, 4) is 0 Å². The van der Waals surface area contributed by atoms with E-state index in [2.05, 4.69) is 32.7 Å². The summed E-state index contributed by atoms with van der Waals surface area (Å²) in [5.41, 5.74) is 6.92. The van der Waals surface area contributed by atoms with Crippen molar-refractivity contribution in [2.24, 2.45) is 4.99 Å². The molecular weight excluding hydrogens is 294 g/mol. The second-order valence-corrected chi connectivity index (χ2v) is 5.29. The highest BCUT2D eigenvalue weighted by molar-refractivity contribution is 7.79. The van der Waals surface area contributed by atoms with Crippen LogP contribution in [-0.2, 0) is 0 Å². The quantitative estimate of drug-likeness (QED) is 0.835. The van der Waals surface area contributed by atoms with Crippen LogP contribution in [0.3, 0.4) is 0 Å². The Hall–Kier alpha value is -1.63. The number of nitrogens with zero attached hydrogens (tertiary/aromatic N) is 3. The Morgan fingerprint density at radius 2 is 2.30 bits per heavy atom. The summed E-state index contributed by atoms with van der Waals surface area (Å²) < 4.78 is 0. The summed E-state index contributed by atoms with van der Waals surface area (Å²) in [7, 11) is 0. The number of hydrogen-bond donors (Lipinski definition) is 2. The van der Waals surface area contributed by atoms with E-state index < -0.39 is 0 Å². The van der Waals surface area contributed by atoms with Crippen molar-refractivity contribution in [1.82, 2.24) is 20.8 Å². The van der Waals surface area contributed by atoms with Crippen LogP contribution in [0.2, 0.25) is 5.02 Å². The Kier molecular flexibility index (Phi) is 3.60. The minimum absolute atomic E-state index is 0.343. The molecule has 1 saturated heterocycles. The van der Waals surface area contributed by atoms with E-state index in [0.29, 0.717) is 22.7 Å². The Morgan fingerprint density at radius 1 is 1.45 bits per heavy atom. The third-order valence-corrected chi connectivity index (χ3v) is 3.41. The van der Waals surface area contributed by atoms with Gasteiger partial charge in [0.1, 0.15) is 5.84 Å². The van der Waals surface area contributed by atoms with Gasteiger partial charge in [-0.2, -0.15) is 0 Å². The highest BCUT2D eigenvalue weighted by Crippen LogP contribution is 2.26. The number of hydrogen-bond acceptors (Lipinski definition) is 5. The first-order valence-corrected chi connectivity index (χ1v) is 7.02. The molecule has 1 aromatic carbocycles. The zero-order chi connectivity index (χ0) is 14.1. The molecule has 2 aromatic rings. The van der Waals surface area contributed by atoms with Gasteiger partial charge in [-0.25, -0.2) is 20.4 Å². The number of halogens is 1. The monoisotopic (exact) mass is 305 g/mol. The largest absolute Gasteiger partial charge is 0.309 e. The number of rotatable bonds is 2. The van der Waals surface area contributed by atoms with E-state index in [4.69, 9.17) is 23.8 Å². The predicted molar refractivity (Wildman–Crippen MR) is 84.8 cm³/mol. The van der Waals surface area contributed by atoms with Crippen LogP contribution in [-0.4, -0.2) is 27.2 Å². The van der Waals surface area contributed by atoms with Gasteiger partial charge in [0.15, 0.2) is 11.6 Å². The first kappa shape index (κ1) is 13.4. The lowest BCUT2D eigenvalue weighted by Gasteiger charge is -2.04. The summed E-state index contributed by atoms with van der Waals surface area (Å²) in [5, 5.41) is 2.89. The third kappa shape index (κ3) is 2.63. The standard InChI is InChI=1S/C13H12ClN5S/c1-7-4-11(19-18-7)16-13-9-5-8(14)2-3-10(9)15-12(6-20)17-13/h2-3,5-7,18H,4H2,1H3,(H,15,16,17,19). The molecule has 1 aliphatic heterocycles. The third-order valence-electron chi connectivity index (χ3n) is 2.96. The Balaban J connectivity index is 2.16. The Bertz CT molecular complexity index is 715. The molecule has 0 radical (unpaired) electrons. The number of aromatic nitrogens is 2. The maximum Gasteiger partial charge on any atom is 0.165 e. The van der Waals surface area contributed by atoms with Crippen LogP contribution in [0.25, 0.3) is 10.9 Å². The first-order valence-electron chi connectivity index (χ1n) is 6.17. The maximum atomic E-state index is 6.04. The van der Waals surface area contributed by atoms with Gasteiger partial charge in [0, 0.05) is 28.2 Å². The molecule has 1 aliphatic rings. The molecule has 7 heteroatoms. The van der Waals surface area contributed by atoms with Gasteiger partial charge in [0.2, 0.25) is 0 Å². The first-order chi connectivity index (χ1) is 9.65. The van der Waals surface area contributed by atoms with E-state index >= 15 is 0 Å². The molecule has 0 saturated carbocycles. The van der Waals surface area contributed by atoms with Crippen molar-refractivity contribution in [2.75, 3.05) is 0 Å². The lowest BCUT2D eigenvalue weighted by molar-refractivity contribution is 0.602. The highest BCUT2D eigenvalue weighted by Gasteiger charge is 2.16. The second kappa shape index (κ2) is 5.40. The normalized spacial score (nSPS) is 20.3. The number of fused-ring (bicyclic) bond motifs is 1. The zero-order valence-electron chi connectivity index (χ0n) is 10.7. The van der Waals surface area contributed by atoms with E-state index in [1.165, 1.54) is 5.37 Å². The summed E-state index contributed by atoms with van der Waals surface area (Å²) in [5.74, 6) is 1.90. The molecule has 2 heterocycles. The average Bonchev–Trinajstić information content (AvgIpc) is 2.84. The molecule has 102 valence electrons. The van der Waals surface area contributed by atoms with E-state index in [9.17, 15) is 0 Å². The summed E-state index contributed by atoms with van der Waals surface area (Å²) in [6.45, 7) is 2.08. The van der Waals surface area contributed by atoms with Gasteiger partial charge in [-0.05, 0) is 25.1 Å². The maximum absolute atomic E-state index is 6.04. The number of hydrazine groups is 1. The smallest absolute Gasteiger partial charge is 0.165 e. The fraction of sp³-hybridized carbons (Fsp3) is 0.231. The number of thiocarbonyl (C=S) groups is 1. The summed E-state index contributed by atoms with van der Waals surface area (Å²) in [4.78, 5) is 13.3. The summed E-state index contributed by atoms with van der Waals surface area (Å²) in [6, 6.07) is 5.79. The molecule has 2 N–H and O–H groups in total. The van der Waals surface area contributed by atoms with Crippen LogP contribution in [0.15, 0.2) is 23.2 Å². The second-order valence-electron chi connectivity index (χ2n) is 4.62. The van der Waals surface area contributed by atoms with Gasteiger partial charge in [0.05, 0.1) is 5.52 Å². The lowest BCUT2D eigenvalue weighted by atomic mass is 10.2. The number of aliphatic imine (C=N–C) groups is 1. The van der Waals surface area contributed by atoms with Crippen molar-refractivity contribution >= 4 is 51.7 Å². The van der Waals surface area contributed by atoms with Crippen molar-refractivity contribution in [3.05, 3.63) is 29.0 Å². The molecule has 0 aliphatic carbocycles. The van der Waals surface area contributed by atoms with Gasteiger partial charge >= 0.3 is 0 Å². The molecule has 20 heavy (non-hydrogen) atoms. The minimum Gasteiger partial charge on any atom is -0.309 e. The molecule has 1 fully saturated rings. The van der Waals surface area contributed by atoms with Gasteiger partial charge < -0.3 is 5.43 Å². The molecule has 0 spiro atoms. The molecule has 0 amide bonds. The van der Waals surface area contributed by atoms with Crippen molar-refractivity contribution in [2.45, 2.75) is 19.4 Å². The average molecular weight is 306 g/mol. The summed E-state index contributed by atoms with van der Waals surface area (Å²) in [6.07, 6.45) is 0.818.